The number of aromatic carboxylic acids is 1. The predicted octanol–water partition coefficient (Wildman–Crippen LogP) is 7.03. The van der Waals surface area contributed by atoms with Crippen LogP contribution in [-0.4, -0.2) is 86.1 Å². The maximum Gasteiger partial charge on any atom is 0.442 e. The molecule has 330 valence electrons. The van der Waals surface area contributed by atoms with E-state index >= 15 is 0 Å². The lowest BCUT2D eigenvalue weighted by Gasteiger charge is -2.13. The average molecular weight is 956 g/mol. The van der Waals surface area contributed by atoms with Crippen LogP contribution in [0, 0.1) is 6.92 Å². The summed E-state index contributed by atoms with van der Waals surface area (Å²) in [6.07, 6.45) is 1.54. The van der Waals surface area contributed by atoms with E-state index in [1.54, 1.807) is 41.3 Å². The summed E-state index contributed by atoms with van der Waals surface area (Å²) in [6.45, 7) is 10.6. The molecule has 0 saturated heterocycles. The van der Waals surface area contributed by atoms with E-state index in [-0.39, 0.29) is 34.3 Å². The maximum absolute atomic E-state index is 12.1. The van der Waals surface area contributed by atoms with E-state index < -0.39 is 50.1 Å². The zero-order chi connectivity index (χ0) is 46.1. The van der Waals surface area contributed by atoms with Gasteiger partial charge in [-0.2, -0.15) is 19.6 Å². The van der Waals surface area contributed by atoms with Gasteiger partial charge in [0, 0.05) is 23.1 Å². The van der Waals surface area contributed by atoms with Gasteiger partial charge in [0.2, 0.25) is 11.8 Å². The van der Waals surface area contributed by atoms with Crippen molar-refractivity contribution in [2.45, 2.75) is 58.0 Å². The number of pyridine rings is 1. The first-order valence-electron chi connectivity index (χ1n) is 17.6. The number of methoxy groups -OCH3 is 1. The number of halogens is 3. The highest BCUT2D eigenvalue weighted by molar-refractivity contribution is 7.90. The Hall–Kier alpha value is -6.07. The van der Waals surface area contributed by atoms with Gasteiger partial charge in [-0.1, -0.05) is 55.6 Å². The Kier molecular flexibility index (Phi) is 16.2. The highest BCUT2D eigenvalue weighted by Gasteiger charge is 2.27. The monoisotopic (exact) mass is 954 g/mol. The molecule has 0 radical (unpaired) electrons. The number of nitrogens with one attached hydrogen (secondary N) is 2. The van der Waals surface area contributed by atoms with Crippen LogP contribution in [0.1, 0.15) is 56.0 Å². The number of nitrogens with zero attached hydrogens (tertiary/aromatic N) is 6. The van der Waals surface area contributed by atoms with Crippen LogP contribution in [-0.2, 0) is 20.2 Å². The second kappa shape index (κ2) is 20.7. The van der Waals surface area contributed by atoms with Crippen molar-refractivity contribution < 1.29 is 51.6 Å². The van der Waals surface area contributed by atoms with Crippen LogP contribution in [0.3, 0.4) is 0 Å². The molecular weight excluding hydrogens is 919 g/mol. The van der Waals surface area contributed by atoms with E-state index in [0.717, 1.165) is 27.5 Å². The number of sulfonamides is 1. The first-order valence-corrected chi connectivity index (χ1v) is 21.1. The van der Waals surface area contributed by atoms with Crippen molar-refractivity contribution in [3.8, 4) is 23.2 Å². The Balaban J connectivity index is 0.000000208. The summed E-state index contributed by atoms with van der Waals surface area (Å²) in [6, 6.07) is 9.79. The van der Waals surface area contributed by atoms with Gasteiger partial charge in [-0.3, -0.25) is 10.3 Å². The number of fused-ring (bicyclic) bond motifs is 1. The van der Waals surface area contributed by atoms with Gasteiger partial charge in [0.15, 0.2) is 6.61 Å². The number of carbonyl (C=O) groups excluding carboxylic acids is 1. The number of aryl methyl sites for hydroxylation is 1. The van der Waals surface area contributed by atoms with Crippen LogP contribution < -0.4 is 30.0 Å². The molecule has 20 nitrogen and oxygen atoms in total. The van der Waals surface area contributed by atoms with E-state index in [1.165, 1.54) is 25.5 Å². The van der Waals surface area contributed by atoms with Crippen LogP contribution in [0.2, 0.25) is 15.1 Å². The molecule has 0 atom stereocenters. The fourth-order valence-corrected chi connectivity index (χ4v) is 7.59. The molecule has 0 bridgehead atoms. The Labute approximate surface area is 371 Å². The van der Waals surface area contributed by atoms with Crippen molar-refractivity contribution in [1.29, 1.82) is 0 Å². The molecule has 2 aromatic carbocycles. The summed E-state index contributed by atoms with van der Waals surface area (Å²) in [5.74, 6) is -1.85. The number of benzene rings is 2. The molecule has 4 aromatic heterocycles. The van der Waals surface area contributed by atoms with Crippen molar-refractivity contribution in [1.82, 2.24) is 34.4 Å². The number of aromatic nitrogens is 6. The molecule has 0 aliphatic carbocycles. The topological polar surface area (TPSA) is 277 Å². The molecule has 0 aliphatic heterocycles. The van der Waals surface area contributed by atoms with E-state index in [1.807, 2.05) is 34.6 Å². The summed E-state index contributed by atoms with van der Waals surface area (Å²) in [4.78, 5) is 59.8. The molecule has 25 heteroatoms. The minimum absolute atomic E-state index is 0.0633. The molecule has 62 heavy (non-hydrogen) atoms. The van der Waals surface area contributed by atoms with Gasteiger partial charge in [-0.25, -0.2) is 32.3 Å². The highest BCUT2D eigenvalue weighted by atomic mass is 35.5. The number of amides is 2. The molecule has 0 aliphatic rings. The third-order valence-electron chi connectivity index (χ3n) is 7.29. The largest absolute Gasteiger partial charge is 0.489 e. The molecule has 0 spiro atoms. The quantitative estimate of drug-likeness (QED) is 0.101. The van der Waals surface area contributed by atoms with Gasteiger partial charge < -0.3 is 28.8 Å². The Bertz CT molecular complexity index is 2770. The van der Waals surface area contributed by atoms with E-state index in [2.05, 4.69) is 30.4 Å². The van der Waals surface area contributed by atoms with Crippen molar-refractivity contribution in [3.63, 3.8) is 0 Å². The Morgan fingerprint density at radius 1 is 0.984 bits per heavy atom. The van der Waals surface area contributed by atoms with Crippen LogP contribution in [0.25, 0.3) is 16.6 Å². The average Bonchev–Trinajstić information content (AvgIpc) is 3.84. The normalized spacial score (nSPS) is 11.1. The molecule has 0 fully saturated rings. The third kappa shape index (κ3) is 13.0. The second-order valence-corrected chi connectivity index (χ2v) is 17.3. The van der Waals surface area contributed by atoms with Crippen LogP contribution in [0.5, 0.6) is 17.5 Å². The van der Waals surface area contributed by atoms with Crippen LogP contribution in [0.15, 0.2) is 68.1 Å². The van der Waals surface area contributed by atoms with Gasteiger partial charge in [0.1, 0.15) is 32.6 Å². The molecule has 6 aromatic rings. The fourth-order valence-electron chi connectivity index (χ4n) is 4.70. The number of thiophene rings is 1. The van der Waals surface area contributed by atoms with Crippen LogP contribution in [0.4, 0.5) is 10.7 Å². The molecule has 4 N–H and O–H groups in total. The standard InChI is InChI=1S/C15H18Cl2N2O3.C11H8ClNO3.C11H11N5O6S2/c1-8(2)21-12-7-11(9(16)6-10(12)17)19-14(20)22-13(18-19)15(3,4)5;12-8-3-4-9(16-6-10(14)15)11-7(8)2-1-5-13-11;1-5-12-9(15-11(13-5)22-2)14-10(19)16-24(20,21)6-3-4-23-7(6)8(17)18/h6-8H,1-5H3;1-5H,6H2,(H,14,15);3-4H,1-2H3,(H,17,18)(H2,12,13,14,15,16,19). The number of rotatable bonds is 11. The number of carbonyl (C=O) groups is 3. The van der Waals surface area contributed by atoms with Crippen molar-refractivity contribution in [2.24, 2.45) is 0 Å². The summed E-state index contributed by atoms with van der Waals surface area (Å²) >= 11 is 19.0. The number of carboxylic acid groups (broad SMARTS) is 2. The molecule has 2 amide bonds. The zero-order valence-electron chi connectivity index (χ0n) is 33.6. The summed E-state index contributed by atoms with van der Waals surface area (Å²) in [5.41, 5.74) is 0.544. The van der Waals surface area contributed by atoms with Crippen molar-refractivity contribution in [2.75, 3.05) is 19.0 Å². The van der Waals surface area contributed by atoms with Gasteiger partial charge in [0.05, 0.1) is 34.0 Å². The summed E-state index contributed by atoms with van der Waals surface area (Å²) < 4.78 is 47.7. The molecule has 0 unspecified atom stereocenters. The maximum atomic E-state index is 12.1. The van der Waals surface area contributed by atoms with Gasteiger partial charge in [-0.15, -0.1) is 16.4 Å². The summed E-state index contributed by atoms with van der Waals surface area (Å²) in [7, 11) is -3.06. The number of hydrogen-bond donors (Lipinski definition) is 4. The Morgan fingerprint density at radius 2 is 1.69 bits per heavy atom. The zero-order valence-corrected chi connectivity index (χ0v) is 37.5. The van der Waals surface area contributed by atoms with Crippen molar-refractivity contribution in [3.05, 3.63) is 96.3 Å². The van der Waals surface area contributed by atoms with Gasteiger partial charge >= 0.3 is 29.7 Å². The first kappa shape index (κ1) is 48.6. The van der Waals surface area contributed by atoms with E-state index in [4.69, 9.17) is 63.6 Å². The lowest BCUT2D eigenvalue weighted by Crippen LogP contribution is -2.35. The third-order valence-corrected chi connectivity index (χ3v) is 10.6. The van der Waals surface area contributed by atoms with Gasteiger partial charge in [-0.05, 0) is 62.5 Å². The van der Waals surface area contributed by atoms with Gasteiger partial charge in [0.25, 0.3) is 10.0 Å². The number of ether oxygens (including phenoxy) is 3. The number of aliphatic carboxylic acids is 1. The predicted molar refractivity (Wildman–Crippen MR) is 228 cm³/mol. The van der Waals surface area contributed by atoms with Crippen molar-refractivity contribution >= 4 is 91.0 Å². The number of urea groups is 1. The minimum Gasteiger partial charge on any atom is -0.489 e. The minimum atomic E-state index is -4.37. The molecule has 4 heterocycles. The van der Waals surface area contributed by atoms with E-state index in [0.29, 0.717) is 38.6 Å². The molecular formula is C37H37Cl3N8O12S2. The fraction of sp³-hybridized carbons (Fsp3) is 0.270. The lowest BCUT2D eigenvalue weighted by atomic mass is 9.97. The lowest BCUT2D eigenvalue weighted by molar-refractivity contribution is -0.139. The SMILES string of the molecule is CC(C)Oc1cc(-n2nc(C(C)(C)C)oc2=O)c(Cl)cc1Cl.COc1nc(C)nc(NC(=O)NS(=O)(=O)c2ccsc2C(=O)O)n1.O=C(O)COc1ccc(Cl)c2cccnc12. The number of anilines is 1. The molecule has 0 saturated carbocycles. The smallest absolute Gasteiger partial charge is 0.442 e. The molecule has 6 rings (SSSR count). The second-order valence-electron chi connectivity index (χ2n) is 13.5. The number of hydrogen-bond acceptors (Lipinski definition) is 16. The Morgan fingerprint density at radius 3 is 2.31 bits per heavy atom. The summed E-state index contributed by atoms with van der Waals surface area (Å²) in [5, 5.41) is 27.1. The first-order chi connectivity index (χ1) is 29.0. The highest BCUT2D eigenvalue weighted by Crippen LogP contribution is 2.34. The van der Waals surface area contributed by atoms with Crippen LogP contribution >= 0.6 is 46.1 Å². The van der Waals surface area contributed by atoms with E-state index in [9.17, 15) is 27.6 Å². The number of carboxylic acids is 2.